The summed E-state index contributed by atoms with van der Waals surface area (Å²) in [5.41, 5.74) is 5.39. The van der Waals surface area contributed by atoms with E-state index in [0.717, 1.165) is 40.9 Å². The number of aryl methyl sites for hydroxylation is 1. The third-order valence-electron chi connectivity index (χ3n) is 5.94. The molecule has 0 radical (unpaired) electrons. The van der Waals surface area contributed by atoms with Crippen molar-refractivity contribution in [2.24, 2.45) is 0 Å². The molecule has 5 heteroatoms. The smallest absolute Gasteiger partial charge is 0.336 e. The van der Waals surface area contributed by atoms with Gasteiger partial charge in [0.2, 0.25) is 0 Å². The highest BCUT2D eigenvalue weighted by molar-refractivity contribution is 6.04. The standard InChI is InChI=1S/C27H23NO4/c1-16-12-20-21(27(29)30)13-23(26-17(2)19-10-6-7-11-24(19)32-26)28-22(20)14-25(16)31-15-18-8-4-3-5-9-18/h3-5,7-9,11-14H,6,10,15H2,1-2H3,(H,29,30). The minimum Gasteiger partial charge on any atom is -0.489 e. The molecule has 32 heavy (non-hydrogen) atoms. The van der Waals surface area contributed by atoms with Crippen molar-refractivity contribution in [3.8, 4) is 17.2 Å². The molecule has 0 spiro atoms. The number of carboxylic acid groups (broad SMARTS) is 1. The Kier molecular flexibility index (Phi) is 5.02. The van der Waals surface area contributed by atoms with Crippen molar-refractivity contribution in [2.75, 3.05) is 0 Å². The molecule has 2 aromatic carbocycles. The molecule has 0 saturated carbocycles. The monoisotopic (exact) mass is 425 g/mol. The third-order valence-corrected chi connectivity index (χ3v) is 5.94. The van der Waals surface area contributed by atoms with Crippen LogP contribution in [0.25, 0.3) is 28.4 Å². The Morgan fingerprint density at radius 3 is 2.72 bits per heavy atom. The van der Waals surface area contributed by atoms with Crippen LogP contribution in [-0.2, 0) is 13.0 Å². The van der Waals surface area contributed by atoms with Crippen molar-refractivity contribution >= 4 is 22.9 Å². The zero-order chi connectivity index (χ0) is 22.2. The highest BCUT2D eigenvalue weighted by atomic mass is 16.5. The molecule has 0 unspecified atom stereocenters. The van der Waals surface area contributed by atoms with Gasteiger partial charge < -0.3 is 14.3 Å². The average molecular weight is 425 g/mol. The van der Waals surface area contributed by atoms with E-state index in [9.17, 15) is 9.90 Å². The first-order chi connectivity index (χ1) is 15.5. The van der Waals surface area contributed by atoms with Gasteiger partial charge in [0.25, 0.3) is 0 Å². The molecule has 0 amide bonds. The fraction of sp³-hybridized carbons (Fsp3) is 0.185. The first kappa shape index (κ1) is 20.1. The molecule has 2 aromatic heterocycles. The topological polar surface area (TPSA) is 72.6 Å². The summed E-state index contributed by atoms with van der Waals surface area (Å²) in [6.07, 6.45) is 5.95. The lowest BCUT2D eigenvalue weighted by Crippen LogP contribution is -2.02. The van der Waals surface area contributed by atoms with Gasteiger partial charge in [0.05, 0.1) is 11.1 Å². The van der Waals surface area contributed by atoms with Gasteiger partial charge in [-0.2, -0.15) is 0 Å². The fourth-order valence-corrected chi connectivity index (χ4v) is 4.22. The number of allylic oxidation sites excluding steroid dienone is 1. The van der Waals surface area contributed by atoms with Crippen molar-refractivity contribution in [2.45, 2.75) is 33.3 Å². The van der Waals surface area contributed by atoms with Crippen LogP contribution < -0.4 is 4.74 Å². The van der Waals surface area contributed by atoms with Crippen LogP contribution >= 0.6 is 0 Å². The number of furan rings is 1. The lowest BCUT2D eigenvalue weighted by Gasteiger charge is -2.13. The average Bonchev–Trinajstić information content (AvgIpc) is 3.14. The largest absolute Gasteiger partial charge is 0.489 e. The van der Waals surface area contributed by atoms with Crippen molar-refractivity contribution in [3.05, 3.63) is 88.2 Å². The minimum absolute atomic E-state index is 0.201. The molecule has 1 aliphatic carbocycles. The number of hydrogen-bond donors (Lipinski definition) is 1. The molecule has 0 fully saturated rings. The number of carboxylic acids is 1. The third kappa shape index (κ3) is 3.56. The molecular weight excluding hydrogens is 402 g/mol. The number of fused-ring (bicyclic) bond motifs is 2. The van der Waals surface area contributed by atoms with E-state index in [1.165, 1.54) is 0 Å². The highest BCUT2D eigenvalue weighted by Crippen LogP contribution is 2.36. The molecule has 0 saturated heterocycles. The van der Waals surface area contributed by atoms with Crippen molar-refractivity contribution in [1.29, 1.82) is 0 Å². The van der Waals surface area contributed by atoms with Crippen LogP contribution in [-0.4, -0.2) is 16.1 Å². The van der Waals surface area contributed by atoms with E-state index in [4.69, 9.17) is 14.1 Å². The number of pyridine rings is 1. The normalized spacial score (nSPS) is 12.7. The van der Waals surface area contributed by atoms with E-state index in [2.05, 4.69) is 6.08 Å². The molecule has 0 aliphatic heterocycles. The maximum absolute atomic E-state index is 12.1. The molecular formula is C27H23NO4. The van der Waals surface area contributed by atoms with Gasteiger partial charge in [-0.3, -0.25) is 0 Å². The lowest BCUT2D eigenvalue weighted by atomic mass is 9.98. The summed E-state index contributed by atoms with van der Waals surface area (Å²) in [7, 11) is 0. The Bertz CT molecular complexity index is 1370. The summed E-state index contributed by atoms with van der Waals surface area (Å²) in [5.74, 6) is 1.14. The van der Waals surface area contributed by atoms with Crippen LogP contribution in [0.1, 0.15) is 44.8 Å². The predicted molar refractivity (Wildman–Crippen MR) is 124 cm³/mol. The number of carbonyl (C=O) groups is 1. The van der Waals surface area contributed by atoms with Gasteiger partial charge in [-0.15, -0.1) is 0 Å². The Hall–Kier alpha value is -3.86. The summed E-state index contributed by atoms with van der Waals surface area (Å²) in [5, 5.41) is 10.5. The van der Waals surface area contributed by atoms with E-state index < -0.39 is 5.97 Å². The molecule has 160 valence electrons. The molecule has 5 nitrogen and oxygen atoms in total. The van der Waals surface area contributed by atoms with Gasteiger partial charge in [-0.05, 0) is 56.0 Å². The van der Waals surface area contributed by atoms with E-state index in [0.29, 0.717) is 34.7 Å². The maximum Gasteiger partial charge on any atom is 0.336 e. The quantitative estimate of drug-likeness (QED) is 0.403. The molecule has 1 N–H and O–H groups in total. The number of rotatable bonds is 5. The van der Waals surface area contributed by atoms with Crippen LogP contribution in [0.15, 0.2) is 59.0 Å². The van der Waals surface area contributed by atoms with Gasteiger partial charge in [-0.1, -0.05) is 36.4 Å². The molecule has 0 bridgehead atoms. The van der Waals surface area contributed by atoms with Gasteiger partial charge in [0.15, 0.2) is 5.76 Å². The second-order valence-electron chi connectivity index (χ2n) is 8.11. The molecule has 1 aliphatic rings. The van der Waals surface area contributed by atoms with E-state index in [1.54, 1.807) is 6.07 Å². The Labute approximate surface area is 186 Å². The van der Waals surface area contributed by atoms with E-state index in [1.807, 2.05) is 62.4 Å². The van der Waals surface area contributed by atoms with Gasteiger partial charge >= 0.3 is 5.97 Å². The number of aromatic carboxylic acids is 1. The van der Waals surface area contributed by atoms with Gasteiger partial charge in [-0.25, -0.2) is 9.78 Å². The summed E-state index contributed by atoms with van der Waals surface area (Å²) in [6.45, 7) is 4.35. The molecule has 4 aromatic rings. The zero-order valence-electron chi connectivity index (χ0n) is 18.0. The highest BCUT2D eigenvalue weighted by Gasteiger charge is 2.22. The molecule has 0 atom stereocenters. The SMILES string of the molecule is Cc1cc2c(C(=O)O)cc(-c3oc4c(c3C)CCC=C4)nc2cc1OCc1ccccc1. The Morgan fingerprint density at radius 1 is 1.16 bits per heavy atom. The van der Waals surface area contributed by atoms with Gasteiger partial charge in [0, 0.05) is 22.6 Å². The maximum atomic E-state index is 12.1. The number of aromatic nitrogens is 1. The molecule has 5 rings (SSSR count). The van der Waals surface area contributed by atoms with Crippen LogP contribution in [0, 0.1) is 13.8 Å². The predicted octanol–water partition coefficient (Wildman–Crippen LogP) is 6.35. The fourth-order valence-electron chi connectivity index (χ4n) is 4.22. The molecule has 2 heterocycles. The second kappa shape index (κ2) is 8.00. The van der Waals surface area contributed by atoms with E-state index in [-0.39, 0.29) is 5.56 Å². The van der Waals surface area contributed by atoms with E-state index >= 15 is 0 Å². The van der Waals surface area contributed by atoms with Gasteiger partial charge in [0.1, 0.15) is 23.8 Å². The summed E-state index contributed by atoms with van der Waals surface area (Å²) in [6, 6.07) is 15.2. The van der Waals surface area contributed by atoms with Crippen LogP contribution in [0.4, 0.5) is 0 Å². The Morgan fingerprint density at radius 2 is 1.97 bits per heavy atom. The van der Waals surface area contributed by atoms with Crippen molar-refractivity contribution in [1.82, 2.24) is 4.98 Å². The summed E-state index contributed by atoms with van der Waals surface area (Å²) >= 11 is 0. The van der Waals surface area contributed by atoms with Crippen LogP contribution in [0.2, 0.25) is 0 Å². The summed E-state index contributed by atoms with van der Waals surface area (Å²) in [4.78, 5) is 16.9. The minimum atomic E-state index is -0.995. The number of ether oxygens (including phenoxy) is 1. The first-order valence-electron chi connectivity index (χ1n) is 10.7. The van der Waals surface area contributed by atoms with Crippen LogP contribution in [0.3, 0.4) is 0 Å². The Balaban J connectivity index is 1.61. The second-order valence-corrected chi connectivity index (χ2v) is 8.11. The zero-order valence-corrected chi connectivity index (χ0v) is 18.0. The number of hydrogen-bond acceptors (Lipinski definition) is 4. The summed E-state index contributed by atoms with van der Waals surface area (Å²) < 4.78 is 12.1. The van der Waals surface area contributed by atoms with Crippen LogP contribution in [0.5, 0.6) is 5.75 Å². The number of benzene rings is 2. The van der Waals surface area contributed by atoms with Crippen molar-refractivity contribution < 1.29 is 19.1 Å². The first-order valence-corrected chi connectivity index (χ1v) is 10.7. The number of nitrogens with zero attached hydrogens (tertiary/aromatic N) is 1. The lowest BCUT2D eigenvalue weighted by molar-refractivity contribution is 0.0699. The van der Waals surface area contributed by atoms with Crippen molar-refractivity contribution in [3.63, 3.8) is 0 Å².